The van der Waals surface area contributed by atoms with Gasteiger partial charge in [-0.25, -0.2) is 0 Å². The number of hydrogen-bond donors (Lipinski definition) is 0. The summed E-state index contributed by atoms with van der Waals surface area (Å²) in [7, 11) is 0. The van der Waals surface area contributed by atoms with Gasteiger partial charge < -0.3 is 4.74 Å². The van der Waals surface area contributed by atoms with Crippen LogP contribution >= 0.6 is 0 Å². The Morgan fingerprint density at radius 3 is 2.50 bits per heavy atom. The summed E-state index contributed by atoms with van der Waals surface area (Å²) in [6.07, 6.45) is 2.61. The maximum Gasteiger partial charge on any atom is 0.101 e. The summed E-state index contributed by atoms with van der Waals surface area (Å²) < 4.78 is 5.16. The topological polar surface area (TPSA) is 9.23 Å². The summed E-state index contributed by atoms with van der Waals surface area (Å²) in [6, 6.07) is 10.2. The standard InChI is InChI=1S/C11H10O/c1-9-7-11(8-12-9)10-5-3-2-4-6-10/h2-6,8H,1,7H2. The van der Waals surface area contributed by atoms with Gasteiger partial charge in [0.1, 0.15) is 5.76 Å². The van der Waals surface area contributed by atoms with E-state index in [4.69, 9.17) is 4.74 Å². The van der Waals surface area contributed by atoms with Gasteiger partial charge in [-0.15, -0.1) is 0 Å². The Labute approximate surface area is 72.0 Å². The molecule has 1 nitrogen and oxygen atoms in total. The van der Waals surface area contributed by atoms with Gasteiger partial charge in [-0.3, -0.25) is 0 Å². The lowest BCUT2D eigenvalue weighted by Crippen LogP contribution is -1.78. The Balaban J connectivity index is 2.28. The number of benzene rings is 1. The van der Waals surface area contributed by atoms with Crippen molar-refractivity contribution in [1.29, 1.82) is 0 Å². The number of rotatable bonds is 1. The van der Waals surface area contributed by atoms with Gasteiger partial charge in [0.15, 0.2) is 0 Å². The molecule has 2 rings (SSSR count). The van der Waals surface area contributed by atoms with E-state index in [1.54, 1.807) is 6.26 Å². The van der Waals surface area contributed by atoms with Crippen molar-refractivity contribution in [2.24, 2.45) is 0 Å². The van der Waals surface area contributed by atoms with Crippen molar-refractivity contribution < 1.29 is 4.74 Å². The number of hydrogen-bond acceptors (Lipinski definition) is 1. The maximum atomic E-state index is 5.16. The molecule has 1 aromatic carbocycles. The van der Waals surface area contributed by atoms with E-state index in [-0.39, 0.29) is 0 Å². The first-order chi connectivity index (χ1) is 5.86. The van der Waals surface area contributed by atoms with Crippen LogP contribution in [0.4, 0.5) is 0 Å². The van der Waals surface area contributed by atoms with Crippen LogP contribution in [0, 0.1) is 0 Å². The average molecular weight is 158 g/mol. The fourth-order valence-electron chi connectivity index (χ4n) is 1.27. The Hall–Kier alpha value is -1.50. The predicted octanol–water partition coefficient (Wildman–Crippen LogP) is 2.96. The van der Waals surface area contributed by atoms with Gasteiger partial charge in [0.25, 0.3) is 0 Å². The molecule has 1 heterocycles. The molecule has 0 saturated heterocycles. The van der Waals surface area contributed by atoms with E-state index in [9.17, 15) is 0 Å². The van der Waals surface area contributed by atoms with Gasteiger partial charge >= 0.3 is 0 Å². The van der Waals surface area contributed by atoms with Crippen LogP contribution in [0.2, 0.25) is 0 Å². The molecule has 60 valence electrons. The van der Waals surface area contributed by atoms with Gasteiger partial charge in [0.2, 0.25) is 0 Å². The highest BCUT2D eigenvalue weighted by atomic mass is 16.5. The van der Waals surface area contributed by atoms with Gasteiger partial charge in [-0.05, 0) is 5.56 Å². The second kappa shape index (κ2) is 2.86. The molecule has 0 amide bonds. The van der Waals surface area contributed by atoms with Crippen molar-refractivity contribution in [1.82, 2.24) is 0 Å². The second-order valence-corrected chi connectivity index (χ2v) is 2.84. The molecule has 12 heavy (non-hydrogen) atoms. The SMILES string of the molecule is C=C1CC(c2ccccc2)=CO1. The quantitative estimate of drug-likeness (QED) is 0.610. The Kier molecular flexibility index (Phi) is 1.71. The number of ether oxygens (including phenoxy) is 1. The third-order valence-corrected chi connectivity index (χ3v) is 1.90. The monoisotopic (exact) mass is 158 g/mol. The summed E-state index contributed by atoms with van der Waals surface area (Å²) in [5.41, 5.74) is 2.43. The van der Waals surface area contributed by atoms with Crippen LogP contribution in [-0.4, -0.2) is 0 Å². The molecule has 1 aliphatic heterocycles. The van der Waals surface area contributed by atoms with Crippen molar-refractivity contribution in [3.8, 4) is 0 Å². The molecule has 0 aliphatic carbocycles. The van der Waals surface area contributed by atoms with Crippen LogP contribution in [0.1, 0.15) is 12.0 Å². The molecule has 0 spiro atoms. The van der Waals surface area contributed by atoms with Crippen LogP contribution in [0.15, 0.2) is 48.9 Å². The van der Waals surface area contributed by atoms with E-state index in [2.05, 4.69) is 18.7 Å². The van der Waals surface area contributed by atoms with E-state index in [0.717, 1.165) is 12.2 Å². The first-order valence-corrected chi connectivity index (χ1v) is 3.95. The van der Waals surface area contributed by atoms with Crippen molar-refractivity contribution >= 4 is 5.57 Å². The molecule has 0 atom stereocenters. The van der Waals surface area contributed by atoms with Crippen LogP contribution in [0.3, 0.4) is 0 Å². The summed E-state index contributed by atoms with van der Waals surface area (Å²) in [4.78, 5) is 0. The molecule has 0 N–H and O–H groups in total. The lowest BCUT2D eigenvalue weighted by Gasteiger charge is -1.97. The zero-order valence-electron chi connectivity index (χ0n) is 6.79. The minimum atomic E-state index is 0.828. The first kappa shape index (κ1) is 7.17. The normalized spacial score (nSPS) is 15.7. The van der Waals surface area contributed by atoms with Gasteiger partial charge in [-0.2, -0.15) is 0 Å². The highest BCUT2D eigenvalue weighted by molar-refractivity contribution is 5.68. The molecular weight excluding hydrogens is 148 g/mol. The highest BCUT2D eigenvalue weighted by Gasteiger charge is 2.10. The van der Waals surface area contributed by atoms with Crippen molar-refractivity contribution in [3.63, 3.8) is 0 Å². The van der Waals surface area contributed by atoms with Crippen molar-refractivity contribution in [3.05, 3.63) is 54.5 Å². The smallest absolute Gasteiger partial charge is 0.101 e. The zero-order valence-corrected chi connectivity index (χ0v) is 6.79. The molecule has 1 aliphatic rings. The maximum absolute atomic E-state index is 5.16. The van der Waals surface area contributed by atoms with E-state index in [1.165, 1.54) is 11.1 Å². The van der Waals surface area contributed by atoms with Crippen LogP contribution in [-0.2, 0) is 4.74 Å². The minimum absolute atomic E-state index is 0.828. The molecular formula is C11H10O. The van der Waals surface area contributed by atoms with Crippen LogP contribution in [0.25, 0.3) is 5.57 Å². The van der Waals surface area contributed by atoms with Gasteiger partial charge in [-0.1, -0.05) is 36.9 Å². The molecule has 0 unspecified atom stereocenters. The molecule has 1 aromatic rings. The third kappa shape index (κ3) is 1.26. The molecule has 0 fully saturated rings. The predicted molar refractivity (Wildman–Crippen MR) is 49.3 cm³/mol. The van der Waals surface area contributed by atoms with Crippen LogP contribution < -0.4 is 0 Å². The Morgan fingerprint density at radius 2 is 1.92 bits per heavy atom. The third-order valence-electron chi connectivity index (χ3n) is 1.90. The Morgan fingerprint density at radius 1 is 1.17 bits per heavy atom. The molecule has 0 saturated carbocycles. The van der Waals surface area contributed by atoms with E-state index < -0.39 is 0 Å². The van der Waals surface area contributed by atoms with Crippen molar-refractivity contribution in [2.75, 3.05) is 0 Å². The van der Waals surface area contributed by atoms with E-state index >= 15 is 0 Å². The fraction of sp³-hybridized carbons (Fsp3) is 0.0909. The largest absolute Gasteiger partial charge is 0.469 e. The summed E-state index contributed by atoms with van der Waals surface area (Å²) in [5.74, 6) is 0.828. The average Bonchev–Trinajstić information content (AvgIpc) is 2.54. The minimum Gasteiger partial charge on any atom is -0.469 e. The first-order valence-electron chi connectivity index (χ1n) is 3.95. The van der Waals surface area contributed by atoms with E-state index in [0.29, 0.717) is 0 Å². The summed E-state index contributed by atoms with van der Waals surface area (Å²) in [6.45, 7) is 3.76. The molecule has 0 radical (unpaired) electrons. The van der Waals surface area contributed by atoms with Crippen LogP contribution in [0.5, 0.6) is 0 Å². The van der Waals surface area contributed by atoms with Gasteiger partial charge in [0.05, 0.1) is 6.26 Å². The molecule has 0 bridgehead atoms. The Bertz CT molecular complexity index is 322. The second-order valence-electron chi connectivity index (χ2n) is 2.84. The van der Waals surface area contributed by atoms with Gasteiger partial charge in [0, 0.05) is 12.0 Å². The van der Waals surface area contributed by atoms with Crippen molar-refractivity contribution in [2.45, 2.75) is 6.42 Å². The highest BCUT2D eigenvalue weighted by Crippen LogP contribution is 2.27. The lowest BCUT2D eigenvalue weighted by molar-refractivity contribution is 0.370. The number of allylic oxidation sites excluding steroid dienone is 1. The molecule has 1 heteroatoms. The zero-order chi connectivity index (χ0) is 8.39. The molecule has 0 aromatic heterocycles. The van der Waals surface area contributed by atoms with E-state index in [1.807, 2.05) is 18.2 Å². The lowest BCUT2D eigenvalue weighted by atomic mass is 10.1. The summed E-state index contributed by atoms with van der Waals surface area (Å²) in [5, 5.41) is 0. The fourth-order valence-corrected chi connectivity index (χ4v) is 1.27. The summed E-state index contributed by atoms with van der Waals surface area (Å²) >= 11 is 0.